The molecule has 1 amide bonds. The summed E-state index contributed by atoms with van der Waals surface area (Å²) in [5, 5.41) is 8.43. The van der Waals surface area contributed by atoms with Crippen LogP contribution in [0.25, 0.3) is 0 Å². The van der Waals surface area contributed by atoms with Crippen LogP contribution >= 0.6 is 0 Å². The molecule has 0 bridgehead atoms. The molecule has 1 unspecified atom stereocenters. The van der Waals surface area contributed by atoms with Crippen LogP contribution in [0.1, 0.15) is 26.2 Å². The Hall–Kier alpha value is -1.08. The van der Waals surface area contributed by atoms with Crippen molar-refractivity contribution in [1.82, 2.24) is 9.80 Å². The van der Waals surface area contributed by atoms with Gasteiger partial charge in [-0.25, -0.2) is 0 Å². The van der Waals surface area contributed by atoms with E-state index >= 15 is 0 Å². The first kappa shape index (κ1) is 13.0. The van der Waals surface area contributed by atoms with Crippen LogP contribution in [0.4, 0.5) is 0 Å². The summed E-state index contributed by atoms with van der Waals surface area (Å²) in [6, 6.07) is 2.05. The lowest BCUT2D eigenvalue weighted by molar-refractivity contribution is -0.130. The van der Waals surface area contributed by atoms with Crippen molar-refractivity contribution in [2.45, 2.75) is 26.2 Å². The maximum absolute atomic E-state index is 11.7. The molecule has 4 nitrogen and oxygen atoms in total. The summed E-state index contributed by atoms with van der Waals surface area (Å²) in [6.45, 7) is 5.90. The van der Waals surface area contributed by atoms with Gasteiger partial charge in [0.1, 0.15) is 0 Å². The largest absolute Gasteiger partial charge is 0.345 e. The van der Waals surface area contributed by atoms with E-state index in [-0.39, 0.29) is 5.91 Å². The van der Waals surface area contributed by atoms with Crippen molar-refractivity contribution < 1.29 is 4.79 Å². The third-order valence-corrected chi connectivity index (χ3v) is 3.13. The van der Waals surface area contributed by atoms with Gasteiger partial charge in [-0.05, 0) is 18.9 Å². The Morgan fingerprint density at radius 3 is 2.94 bits per heavy atom. The number of carbonyl (C=O) groups is 1. The van der Waals surface area contributed by atoms with Crippen LogP contribution in [-0.4, -0.2) is 48.9 Å². The molecule has 1 aliphatic rings. The molecule has 0 radical (unpaired) electrons. The number of rotatable bonds is 5. The zero-order valence-electron chi connectivity index (χ0n) is 10.3. The van der Waals surface area contributed by atoms with Gasteiger partial charge in [-0.1, -0.05) is 6.92 Å². The zero-order valence-corrected chi connectivity index (χ0v) is 10.3. The van der Waals surface area contributed by atoms with E-state index in [1.54, 1.807) is 11.9 Å². The molecule has 1 fully saturated rings. The molecule has 90 valence electrons. The van der Waals surface area contributed by atoms with E-state index < -0.39 is 0 Å². The standard InChI is InChI=1S/C12H21N3O/c1-11-4-8-15(10-11)9-5-12(16)14(2)7-3-6-13/h11H,3-5,7-10H2,1-2H3. The predicted molar refractivity (Wildman–Crippen MR) is 62.7 cm³/mol. The number of hydrogen-bond acceptors (Lipinski definition) is 3. The number of nitrogens with zero attached hydrogens (tertiary/aromatic N) is 3. The van der Waals surface area contributed by atoms with Gasteiger partial charge in [0.2, 0.25) is 5.91 Å². The lowest BCUT2D eigenvalue weighted by Gasteiger charge is -2.19. The highest BCUT2D eigenvalue weighted by Gasteiger charge is 2.19. The molecule has 1 aliphatic heterocycles. The molecule has 0 aromatic heterocycles. The molecule has 0 spiro atoms. The molecule has 1 heterocycles. The third-order valence-electron chi connectivity index (χ3n) is 3.13. The Kier molecular flexibility index (Phi) is 5.27. The molecule has 0 aromatic carbocycles. The van der Waals surface area contributed by atoms with Crippen molar-refractivity contribution in [2.75, 3.05) is 33.2 Å². The van der Waals surface area contributed by atoms with Crippen LogP contribution in [0.15, 0.2) is 0 Å². The van der Waals surface area contributed by atoms with Gasteiger partial charge < -0.3 is 9.80 Å². The van der Waals surface area contributed by atoms with Gasteiger partial charge in [-0.3, -0.25) is 4.79 Å². The smallest absolute Gasteiger partial charge is 0.223 e. The van der Waals surface area contributed by atoms with Crippen molar-refractivity contribution in [2.24, 2.45) is 5.92 Å². The van der Waals surface area contributed by atoms with Gasteiger partial charge in [0, 0.05) is 33.1 Å². The van der Waals surface area contributed by atoms with Crippen molar-refractivity contribution in [3.8, 4) is 6.07 Å². The van der Waals surface area contributed by atoms with Gasteiger partial charge >= 0.3 is 0 Å². The molecule has 1 atom stereocenters. The topological polar surface area (TPSA) is 47.3 Å². The van der Waals surface area contributed by atoms with Crippen molar-refractivity contribution in [3.05, 3.63) is 0 Å². The quantitative estimate of drug-likeness (QED) is 0.701. The van der Waals surface area contributed by atoms with Gasteiger partial charge in [0.05, 0.1) is 12.5 Å². The summed E-state index contributed by atoms with van der Waals surface area (Å²) in [5.41, 5.74) is 0. The summed E-state index contributed by atoms with van der Waals surface area (Å²) >= 11 is 0. The van der Waals surface area contributed by atoms with Gasteiger partial charge in [-0.2, -0.15) is 5.26 Å². The minimum absolute atomic E-state index is 0.148. The average Bonchev–Trinajstić information content (AvgIpc) is 2.68. The molecule has 16 heavy (non-hydrogen) atoms. The Morgan fingerprint density at radius 2 is 2.38 bits per heavy atom. The number of amides is 1. The molecule has 0 saturated carbocycles. The van der Waals surface area contributed by atoms with E-state index in [9.17, 15) is 4.79 Å². The number of carbonyl (C=O) groups excluding carboxylic acids is 1. The van der Waals surface area contributed by atoms with Crippen LogP contribution in [0.5, 0.6) is 0 Å². The molecule has 0 aromatic rings. The fourth-order valence-corrected chi connectivity index (χ4v) is 2.02. The molecule has 1 rings (SSSR count). The Bertz CT molecular complexity index is 272. The van der Waals surface area contributed by atoms with E-state index in [2.05, 4.69) is 17.9 Å². The van der Waals surface area contributed by atoms with Crippen molar-refractivity contribution in [3.63, 3.8) is 0 Å². The van der Waals surface area contributed by atoms with E-state index in [4.69, 9.17) is 5.26 Å². The maximum atomic E-state index is 11.7. The second-order valence-corrected chi connectivity index (χ2v) is 4.67. The van der Waals surface area contributed by atoms with Crippen LogP contribution in [-0.2, 0) is 4.79 Å². The summed E-state index contributed by atoms with van der Waals surface area (Å²) in [7, 11) is 1.77. The summed E-state index contributed by atoms with van der Waals surface area (Å²) in [5.74, 6) is 0.918. The van der Waals surface area contributed by atoms with E-state index in [0.717, 1.165) is 25.6 Å². The van der Waals surface area contributed by atoms with Gasteiger partial charge in [-0.15, -0.1) is 0 Å². The first-order valence-corrected chi connectivity index (χ1v) is 5.96. The van der Waals surface area contributed by atoms with Crippen LogP contribution < -0.4 is 0 Å². The molecular formula is C12H21N3O. The highest BCUT2D eigenvalue weighted by Crippen LogP contribution is 2.14. The maximum Gasteiger partial charge on any atom is 0.223 e. The minimum atomic E-state index is 0.148. The fraction of sp³-hybridized carbons (Fsp3) is 0.833. The van der Waals surface area contributed by atoms with E-state index in [1.807, 2.05) is 0 Å². The molecule has 0 N–H and O–H groups in total. The highest BCUT2D eigenvalue weighted by molar-refractivity contribution is 5.76. The fourth-order valence-electron chi connectivity index (χ4n) is 2.02. The number of nitriles is 1. The summed E-state index contributed by atoms with van der Waals surface area (Å²) < 4.78 is 0. The Balaban J connectivity index is 2.17. The van der Waals surface area contributed by atoms with Crippen molar-refractivity contribution >= 4 is 5.91 Å². The number of likely N-dealkylation sites (tertiary alicyclic amines) is 1. The predicted octanol–water partition coefficient (Wildman–Crippen LogP) is 1.09. The highest BCUT2D eigenvalue weighted by atomic mass is 16.2. The first-order valence-electron chi connectivity index (χ1n) is 5.96. The summed E-state index contributed by atoms with van der Waals surface area (Å²) in [4.78, 5) is 15.7. The lowest BCUT2D eigenvalue weighted by Crippen LogP contribution is -2.31. The molecule has 1 saturated heterocycles. The second-order valence-electron chi connectivity index (χ2n) is 4.67. The minimum Gasteiger partial charge on any atom is -0.345 e. The number of hydrogen-bond donors (Lipinski definition) is 0. The molecule has 0 aliphatic carbocycles. The van der Waals surface area contributed by atoms with Crippen LogP contribution in [0, 0.1) is 17.2 Å². The average molecular weight is 223 g/mol. The van der Waals surface area contributed by atoms with Crippen LogP contribution in [0.3, 0.4) is 0 Å². The monoisotopic (exact) mass is 223 g/mol. The molecular weight excluding hydrogens is 202 g/mol. The van der Waals surface area contributed by atoms with Crippen molar-refractivity contribution in [1.29, 1.82) is 5.26 Å². The third kappa shape index (κ3) is 4.19. The lowest BCUT2D eigenvalue weighted by atomic mass is 10.2. The van der Waals surface area contributed by atoms with Crippen LogP contribution in [0.2, 0.25) is 0 Å². The van der Waals surface area contributed by atoms with Gasteiger partial charge in [0.15, 0.2) is 0 Å². The normalized spacial score (nSPS) is 20.7. The Morgan fingerprint density at radius 1 is 1.62 bits per heavy atom. The van der Waals surface area contributed by atoms with E-state index in [1.165, 1.54) is 6.42 Å². The van der Waals surface area contributed by atoms with E-state index in [0.29, 0.717) is 19.4 Å². The second kappa shape index (κ2) is 6.49. The van der Waals surface area contributed by atoms with Gasteiger partial charge in [0.25, 0.3) is 0 Å². The summed E-state index contributed by atoms with van der Waals surface area (Å²) in [6.07, 6.45) is 2.25. The SMILES string of the molecule is CC1CCN(CCC(=O)N(C)CCC#N)C1. The molecule has 4 heteroatoms. The Labute approximate surface area is 97.8 Å². The first-order chi connectivity index (χ1) is 7.63. The zero-order chi connectivity index (χ0) is 12.0.